The largest absolute Gasteiger partial charge is 0.436 e. The standard InChI is InChI=1S/C12H10FN5OS/c1-20-12-16-10(18-15)5-11(17-12)19-9-3-2-7(6-14)4-8(9)13/h2-5H,15H2,1H3,(H,16,17,18). The lowest BCUT2D eigenvalue weighted by Gasteiger charge is -2.08. The van der Waals surface area contributed by atoms with Crippen LogP contribution in [0.4, 0.5) is 10.2 Å². The minimum absolute atomic E-state index is 0.0299. The first-order valence-corrected chi connectivity index (χ1v) is 6.66. The molecule has 0 radical (unpaired) electrons. The molecule has 20 heavy (non-hydrogen) atoms. The number of halogens is 1. The van der Waals surface area contributed by atoms with Crippen LogP contribution in [0.1, 0.15) is 5.56 Å². The van der Waals surface area contributed by atoms with Crippen LogP contribution in [0.2, 0.25) is 0 Å². The van der Waals surface area contributed by atoms with Gasteiger partial charge in [0.1, 0.15) is 5.82 Å². The predicted molar refractivity (Wildman–Crippen MR) is 72.8 cm³/mol. The molecule has 0 saturated carbocycles. The Morgan fingerprint density at radius 2 is 2.20 bits per heavy atom. The van der Waals surface area contributed by atoms with Crippen molar-refractivity contribution in [2.45, 2.75) is 5.16 Å². The predicted octanol–water partition coefficient (Wildman–Crippen LogP) is 2.29. The van der Waals surface area contributed by atoms with Crippen molar-refractivity contribution in [3.63, 3.8) is 0 Å². The summed E-state index contributed by atoms with van der Waals surface area (Å²) in [5.74, 6) is 5.12. The first-order valence-electron chi connectivity index (χ1n) is 5.43. The van der Waals surface area contributed by atoms with E-state index in [-0.39, 0.29) is 17.2 Å². The van der Waals surface area contributed by atoms with Crippen molar-refractivity contribution in [2.24, 2.45) is 5.84 Å². The Hall–Kier alpha value is -2.37. The maximum Gasteiger partial charge on any atom is 0.225 e. The molecule has 1 aromatic carbocycles. The number of nitrogens with one attached hydrogen (secondary N) is 1. The third kappa shape index (κ3) is 3.14. The second kappa shape index (κ2) is 6.18. The lowest BCUT2D eigenvalue weighted by molar-refractivity contribution is 0.422. The average Bonchev–Trinajstić information content (AvgIpc) is 2.48. The Morgan fingerprint density at radius 1 is 1.40 bits per heavy atom. The summed E-state index contributed by atoms with van der Waals surface area (Å²) in [6.07, 6.45) is 1.79. The molecule has 0 bridgehead atoms. The Labute approximate surface area is 118 Å². The van der Waals surface area contributed by atoms with Crippen molar-refractivity contribution < 1.29 is 9.13 Å². The SMILES string of the molecule is CSc1nc(NN)cc(Oc2ccc(C#N)cc2F)n1. The monoisotopic (exact) mass is 291 g/mol. The number of thioether (sulfide) groups is 1. The van der Waals surface area contributed by atoms with Crippen LogP contribution in [0, 0.1) is 17.1 Å². The second-order valence-electron chi connectivity index (χ2n) is 3.58. The van der Waals surface area contributed by atoms with Crippen molar-refractivity contribution in [2.75, 3.05) is 11.7 Å². The van der Waals surface area contributed by atoms with Crippen LogP contribution in [0.5, 0.6) is 11.6 Å². The molecule has 0 aliphatic heterocycles. The number of nitrogen functional groups attached to an aromatic ring is 1. The number of nitriles is 1. The molecule has 0 fully saturated rings. The quantitative estimate of drug-likeness (QED) is 0.386. The zero-order valence-electron chi connectivity index (χ0n) is 10.4. The van der Waals surface area contributed by atoms with Gasteiger partial charge in [-0.15, -0.1) is 0 Å². The number of ether oxygens (including phenoxy) is 1. The molecule has 0 spiro atoms. The maximum absolute atomic E-state index is 13.7. The van der Waals surface area contributed by atoms with Gasteiger partial charge in [0, 0.05) is 6.07 Å². The fraction of sp³-hybridized carbons (Fsp3) is 0.0833. The summed E-state index contributed by atoms with van der Waals surface area (Å²) in [6.45, 7) is 0. The minimum Gasteiger partial charge on any atom is -0.436 e. The van der Waals surface area contributed by atoms with E-state index in [1.54, 1.807) is 6.26 Å². The van der Waals surface area contributed by atoms with Gasteiger partial charge in [-0.2, -0.15) is 10.2 Å². The van der Waals surface area contributed by atoms with Crippen molar-refractivity contribution in [1.82, 2.24) is 9.97 Å². The Kier molecular flexibility index (Phi) is 4.34. The minimum atomic E-state index is -0.643. The van der Waals surface area contributed by atoms with Gasteiger partial charge >= 0.3 is 0 Å². The first-order chi connectivity index (χ1) is 9.66. The highest BCUT2D eigenvalue weighted by atomic mass is 32.2. The van der Waals surface area contributed by atoms with Gasteiger partial charge in [0.05, 0.1) is 11.6 Å². The van der Waals surface area contributed by atoms with Crippen LogP contribution >= 0.6 is 11.8 Å². The third-order valence-corrected chi connectivity index (χ3v) is 2.84. The van der Waals surface area contributed by atoms with Gasteiger partial charge in [-0.1, -0.05) is 11.8 Å². The van der Waals surface area contributed by atoms with E-state index in [4.69, 9.17) is 15.8 Å². The van der Waals surface area contributed by atoms with Gasteiger partial charge in [-0.3, -0.25) is 0 Å². The van der Waals surface area contributed by atoms with Gasteiger partial charge in [-0.05, 0) is 24.5 Å². The van der Waals surface area contributed by atoms with E-state index < -0.39 is 5.82 Å². The molecule has 0 aliphatic carbocycles. The molecule has 1 aromatic heterocycles. The van der Waals surface area contributed by atoms with E-state index in [0.29, 0.717) is 11.0 Å². The lowest BCUT2D eigenvalue weighted by atomic mass is 10.2. The van der Waals surface area contributed by atoms with Crippen molar-refractivity contribution >= 4 is 17.6 Å². The van der Waals surface area contributed by atoms with Crippen LogP contribution in [0.25, 0.3) is 0 Å². The smallest absolute Gasteiger partial charge is 0.225 e. The molecule has 2 rings (SSSR count). The number of hydrogen-bond acceptors (Lipinski definition) is 7. The Bertz CT molecular complexity index is 651. The topological polar surface area (TPSA) is 96.9 Å². The van der Waals surface area contributed by atoms with Crippen LogP contribution in [0.15, 0.2) is 29.4 Å². The highest BCUT2D eigenvalue weighted by molar-refractivity contribution is 7.98. The van der Waals surface area contributed by atoms with Crippen LogP contribution in [-0.4, -0.2) is 16.2 Å². The van der Waals surface area contributed by atoms with Gasteiger partial charge in [0.15, 0.2) is 16.7 Å². The molecule has 2 aromatic rings. The van der Waals surface area contributed by atoms with E-state index >= 15 is 0 Å². The number of nitrogens with zero attached hydrogens (tertiary/aromatic N) is 3. The number of hydrazine groups is 1. The van der Waals surface area contributed by atoms with Crippen LogP contribution in [0.3, 0.4) is 0 Å². The van der Waals surface area contributed by atoms with Crippen molar-refractivity contribution in [3.05, 3.63) is 35.6 Å². The Morgan fingerprint density at radius 3 is 2.80 bits per heavy atom. The third-order valence-electron chi connectivity index (χ3n) is 2.29. The zero-order valence-corrected chi connectivity index (χ0v) is 11.2. The number of rotatable bonds is 4. The first kappa shape index (κ1) is 14.0. The molecule has 0 unspecified atom stereocenters. The fourth-order valence-corrected chi connectivity index (χ4v) is 1.76. The maximum atomic E-state index is 13.7. The normalized spacial score (nSPS) is 9.90. The van der Waals surface area contributed by atoms with E-state index in [1.807, 2.05) is 6.07 Å². The number of nitrogens with two attached hydrogens (primary N) is 1. The van der Waals surface area contributed by atoms with E-state index in [1.165, 1.54) is 30.0 Å². The van der Waals surface area contributed by atoms with Crippen molar-refractivity contribution in [3.8, 4) is 17.7 Å². The molecular weight excluding hydrogens is 281 g/mol. The van der Waals surface area contributed by atoms with Gasteiger partial charge in [0.25, 0.3) is 0 Å². The summed E-state index contributed by atoms with van der Waals surface area (Å²) in [7, 11) is 0. The number of benzene rings is 1. The number of anilines is 1. The molecule has 0 amide bonds. The van der Waals surface area contributed by atoms with Crippen molar-refractivity contribution in [1.29, 1.82) is 5.26 Å². The van der Waals surface area contributed by atoms with Crippen LogP contribution < -0.4 is 16.0 Å². The lowest BCUT2D eigenvalue weighted by Crippen LogP contribution is -2.09. The molecule has 102 valence electrons. The summed E-state index contributed by atoms with van der Waals surface area (Å²) >= 11 is 1.30. The van der Waals surface area contributed by atoms with Crippen LogP contribution in [-0.2, 0) is 0 Å². The van der Waals surface area contributed by atoms with E-state index in [9.17, 15) is 4.39 Å². The average molecular weight is 291 g/mol. The summed E-state index contributed by atoms with van der Waals surface area (Å²) in [5, 5.41) is 9.11. The molecule has 0 saturated heterocycles. The highest BCUT2D eigenvalue weighted by Gasteiger charge is 2.09. The summed E-state index contributed by atoms with van der Waals surface area (Å²) < 4.78 is 19.1. The summed E-state index contributed by atoms with van der Waals surface area (Å²) in [4.78, 5) is 8.14. The molecule has 0 aliphatic rings. The molecular formula is C12H10FN5OS. The molecule has 0 atom stereocenters. The Balaban J connectivity index is 2.32. The molecule has 1 heterocycles. The second-order valence-corrected chi connectivity index (χ2v) is 4.35. The van der Waals surface area contributed by atoms with E-state index in [0.717, 1.165) is 6.07 Å². The molecule has 3 N–H and O–H groups in total. The number of hydrogen-bond donors (Lipinski definition) is 2. The van der Waals surface area contributed by atoms with E-state index in [2.05, 4.69) is 15.4 Å². The van der Waals surface area contributed by atoms with Gasteiger partial charge in [-0.25, -0.2) is 15.2 Å². The molecule has 6 nitrogen and oxygen atoms in total. The van der Waals surface area contributed by atoms with Gasteiger partial charge in [0.2, 0.25) is 5.88 Å². The summed E-state index contributed by atoms with van der Waals surface area (Å²) in [5.41, 5.74) is 2.59. The fourth-order valence-electron chi connectivity index (χ4n) is 1.39. The number of aromatic nitrogens is 2. The summed E-state index contributed by atoms with van der Waals surface area (Å²) in [6, 6.07) is 7.20. The molecule has 8 heteroatoms. The zero-order chi connectivity index (χ0) is 14.5. The van der Waals surface area contributed by atoms with Gasteiger partial charge < -0.3 is 10.2 Å². The highest BCUT2D eigenvalue weighted by Crippen LogP contribution is 2.26.